The van der Waals surface area contributed by atoms with Gasteiger partial charge >= 0.3 is 0 Å². The summed E-state index contributed by atoms with van der Waals surface area (Å²) in [4.78, 5) is 22.7. The lowest BCUT2D eigenvalue weighted by Gasteiger charge is -2.12. The molecule has 1 saturated carbocycles. The van der Waals surface area contributed by atoms with Gasteiger partial charge in [0, 0.05) is 49.1 Å². The number of amides is 1. The lowest BCUT2D eigenvalue weighted by atomic mass is 9.98. The molecule has 0 atom stereocenters. The van der Waals surface area contributed by atoms with E-state index in [2.05, 4.69) is 21.4 Å². The smallest absolute Gasteiger partial charge is 0.272 e. The van der Waals surface area contributed by atoms with Crippen LogP contribution in [-0.2, 0) is 5.41 Å². The molecule has 118 valence electrons. The molecule has 3 N–H and O–H groups in total. The molecular formula is C17H19N5O. The number of hydrogen-bond acceptors (Lipinski definition) is 5. The van der Waals surface area contributed by atoms with Crippen molar-refractivity contribution in [1.29, 1.82) is 0 Å². The fraction of sp³-hybridized carbons (Fsp3) is 0.353. The molecule has 0 bridgehead atoms. The van der Waals surface area contributed by atoms with E-state index in [0.717, 1.165) is 17.9 Å². The highest BCUT2D eigenvalue weighted by atomic mass is 16.2. The van der Waals surface area contributed by atoms with Crippen LogP contribution in [0.1, 0.15) is 28.9 Å². The number of nitrogens with zero attached hydrogens (tertiary/aromatic N) is 3. The van der Waals surface area contributed by atoms with Crippen molar-refractivity contribution in [2.45, 2.75) is 18.3 Å². The molecule has 1 spiro atoms. The third-order valence-corrected chi connectivity index (χ3v) is 4.68. The molecule has 23 heavy (non-hydrogen) atoms. The van der Waals surface area contributed by atoms with Crippen molar-refractivity contribution in [2.75, 3.05) is 31.7 Å². The number of rotatable bonds is 2. The summed E-state index contributed by atoms with van der Waals surface area (Å²) in [7, 11) is 3.40. The quantitative estimate of drug-likeness (QED) is 0.885. The Balaban J connectivity index is 1.78. The minimum absolute atomic E-state index is 0.159. The van der Waals surface area contributed by atoms with E-state index in [0.29, 0.717) is 17.1 Å². The summed E-state index contributed by atoms with van der Waals surface area (Å²) in [5.74, 6) is 0.813. The van der Waals surface area contributed by atoms with Gasteiger partial charge in [-0.25, -0.2) is 9.97 Å². The Morgan fingerprint density at radius 3 is 2.78 bits per heavy atom. The van der Waals surface area contributed by atoms with Crippen molar-refractivity contribution in [1.82, 2.24) is 14.9 Å². The predicted octanol–water partition coefficient (Wildman–Crippen LogP) is 1.88. The molecule has 2 aromatic rings. The van der Waals surface area contributed by atoms with Gasteiger partial charge in [-0.3, -0.25) is 4.79 Å². The summed E-state index contributed by atoms with van der Waals surface area (Å²) in [6.45, 7) is 0.966. The van der Waals surface area contributed by atoms with E-state index in [-0.39, 0.29) is 11.3 Å². The molecule has 2 aromatic heterocycles. The summed E-state index contributed by atoms with van der Waals surface area (Å²) >= 11 is 0. The van der Waals surface area contributed by atoms with Crippen LogP contribution in [0, 0.1) is 0 Å². The number of hydrogen-bond donors (Lipinski definition) is 2. The lowest BCUT2D eigenvalue weighted by Crippen LogP contribution is -2.23. The first-order valence-electron chi connectivity index (χ1n) is 7.72. The van der Waals surface area contributed by atoms with E-state index in [1.54, 1.807) is 32.4 Å². The normalized spacial score (nSPS) is 16.8. The van der Waals surface area contributed by atoms with Crippen LogP contribution in [-0.4, -0.2) is 41.4 Å². The fourth-order valence-electron chi connectivity index (χ4n) is 3.13. The van der Waals surface area contributed by atoms with Gasteiger partial charge in [0.25, 0.3) is 5.91 Å². The van der Waals surface area contributed by atoms with Gasteiger partial charge in [-0.1, -0.05) is 0 Å². The molecule has 6 heteroatoms. The van der Waals surface area contributed by atoms with Gasteiger partial charge in [-0.2, -0.15) is 0 Å². The van der Waals surface area contributed by atoms with E-state index >= 15 is 0 Å². The van der Waals surface area contributed by atoms with Crippen molar-refractivity contribution < 1.29 is 4.79 Å². The number of nitrogen functional groups attached to an aromatic ring is 1. The molecule has 4 rings (SSSR count). The first-order chi connectivity index (χ1) is 11.0. The molecule has 0 unspecified atom stereocenters. The van der Waals surface area contributed by atoms with E-state index in [4.69, 9.17) is 5.73 Å². The second kappa shape index (κ2) is 4.68. The van der Waals surface area contributed by atoms with Crippen LogP contribution in [0.4, 0.5) is 11.5 Å². The van der Waals surface area contributed by atoms with E-state index in [1.807, 2.05) is 0 Å². The van der Waals surface area contributed by atoms with Crippen molar-refractivity contribution >= 4 is 17.4 Å². The highest BCUT2D eigenvalue weighted by Crippen LogP contribution is 2.54. The Morgan fingerprint density at radius 1 is 1.30 bits per heavy atom. The molecule has 1 fully saturated rings. The molecule has 0 radical (unpaired) electrons. The van der Waals surface area contributed by atoms with Crippen LogP contribution in [0.15, 0.2) is 24.4 Å². The average Bonchev–Trinajstić information content (AvgIpc) is 3.23. The number of aromatic nitrogens is 2. The Labute approximate surface area is 134 Å². The maximum atomic E-state index is 12.2. The van der Waals surface area contributed by atoms with Gasteiger partial charge in [-0.15, -0.1) is 0 Å². The number of pyridine rings is 2. The molecule has 0 saturated heterocycles. The van der Waals surface area contributed by atoms with Crippen molar-refractivity contribution in [3.8, 4) is 11.3 Å². The standard InChI is InChI=1S/C17H19N5O/c1-22(2)16(23)14-7-11(18)6-13(21-14)10-5-12-15(19-8-10)20-9-17(12)3-4-17/h5-8H,3-4,9H2,1-2H3,(H2,18,21)(H,19,20). The first kappa shape index (κ1) is 14.0. The van der Waals surface area contributed by atoms with Gasteiger partial charge in [0.2, 0.25) is 0 Å². The zero-order valence-corrected chi connectivity index (χ0v) is 13.3. The SMILES string of the molecule is CN(C)C(=O)c1cc(N)cc(-c2cnc3c(c2)C2(CC2)CN3)n1. The van der Waals surface area contributed by atoms with Crippen molar-refractivity contribution in [3.63, 3.8) is 0 Å². The number of anilines is 2. The van der Waals surface area contributed by atoms with Crippen LogP contribution in [0.5, 0.6) is 0 Å². The van der Waals surface area contributed by atoms with E-state index in [9.17, 15) is 4.79 Å². The van der Waals surface area contributed by atoms with Crippen LogP contribution < -0.4 is 11.1 Å². The third kappa shape index (κ3) is 2.21. The van der Waals surface area contributed by atoms with Crippen LogP contribution >= 0.6 is 0 Å². The fourth-order valence-corrected chi connectivity index (χ4v) is 3.13. The minimum atomic E-state index is -0.159. The number of nitrogens with two attached hydrogens (primary N) is 1. The highest BCUT2D eigenvalue weighted by Gasteiger charge is 2.49. The second-order valence-corrected chi connectivity index (χ2v) is 6.62. The highest BCUT2D eigenvalue weighted by molar-refractivity contribution is 5.93. The zero-order chi connectivity index (χ0) is 16.2. The number of carbonyl (C=O) groups excluding carboxylic acids is 1. The molecule has 3 heterocycles. The molecule has 1 aliphatic heterocycles. The van der Waals surface area contributed by atoms with Crippen molar-refractivity contribution in [2.24, 2.45) is 0 Å². The summed E-state index contributed by atoms with van der Waals surface area (Å²) in [5, 5.41) is 3.37. The Kier molecular flexibility index (Phi) is 2.85. The largest absolute Gasteiger partial charge is 0.399 e. The lowest BCUT2D eigenvalue weighted by molar-refractivity contribution is 0.0822. The molecule has 1 amide bonds. The minimum Gasteiger partial charge on any atom is -0.399 e. The van der Waals surface area contributed by atoms with Crippen LogP contribution in [0.2, 0.25) is 0 Å². The topological polar surface area (TPSA) is 84.1 Å². The van der Waals surface area contributed by atoms with Gasteiger partial charge in [-0.05, 0) is 31.0 Å². The Hall–Kier alpha value is -2.63. The Morgan fingerprint density at radius 2 is 2.09 bits per heavy atom. The zero-order valence-electron chi connectivity index (χ0n) is 13.3. The summed E-state index contributed by atoms with van der Waals surface area (Å²) in [6, 6.07) is 5.54. The third-order valence-electron chi connectivity index (χ3n) is 4.68. The summed E-state index contributed by atoms with van der Waals surface area (Å²) < 4.78 is 0. The van der Waals surface area contributed by atoms with Crippen LogP contribution in [0.25, 0.3) is 11.3 Å². The van der Waals surface area contributed by atoms with Gasteiger partial charge in [0.15, 0.2) is 0 Å². The maximum absolute atomic E-state index is 12.2. The summed E-state index contributed by atoms with van der Waals surface area (Å²) in [6.07, 6.45) is 4.19. The number of carbonyl (C=O) groups is 1. The van der Waals surface area contributed by atoms with Gasteiger partial charge in [0.1, 0.15) is 11.5 Å². The number of nitrogens with one attached hydrogen (secondary N) is 1. The van der Waals surface area contributed by atoms with E-state index < -0.39 is 0 Å². The van der Waals surface area contributed by atoms with Crippen molar-refractivity contribution in [3.05, 3.63) is 35.7 Å². The Bertz CT molecular complexity index is 811. The number of fused-ring (bicyclic) bond motifs is 2. The molecule has 1 aliphatic carbocycles. The monoisotopic (exact) mass is 309 g/mol. The average molecular weight is 309 g/mol. The molecule has 0 aromatic carbocycles. The predicted molar refractivity (Wildman–Crippen MR) is 89.3 cm³/mol. The second-order valence-electron chi connectivity index (χ2n) is 6.62. The summed E-state index contributed by atoms with van der Waals surface area (Å²) in [5.41, 5.74) is 9.97. The molecule has 6 nitrogen and oxygen atoms in total. The maximum Gasteiger partial charge on any atom is 0.272 e. The van der Waals surface area contributed by atoms with Gasteiger partial charge < -0.3 is 16.0 Å². The molecule has 2 aliphatic rings. The first-order valence-corrected chi connectivity index (χ1v) is 7.72. The van der Waals surface area contributed by atoms with Gasteiger partial charge in [0.05, 0.1) is 5.69 Å². The molecular weight excluding hydrogens is 290 g/mol. The van der Waals surface area contributed by atoms with E-state index in [1.165, 1.54) is 23.3 Å². The van der Waals surface area contributed by atoms with Crippen LogP contribution in [0.3, 0.4) is 0 Å².